The third-order valence-corrected chi connectivity index (χ3v) is 6.37. The molecule has 3 aromatic carbocycles. The number of ether oxygens (including phenoxy) is 2. The minimum Gasteiger partial charge on any atom is -0.462 e. The summed E-state index contributed by atoms with van der Waals surface area (Å²) in [7, 11) is 0. The van der Waals surface area contributed by atoms with Crippen molar-refractivity contribution in [3.8, 4) is 28.0 Å². The van der Waals surface area contributed by atoms with Crippen LogP contribution in [-0.4, -0.2) is 29.4 Å². The summed E-state index contributed by atoms with van der Waals surface area (Å²) in [4.78, 5) is 48.3. The number of nitro groups is 1. The standard InChI is InChI=1S/C28H22N2O7S/c1-3-36-28(33)25-23(20-11-9-19(10-12-20)18-7-5-4-6-8-18)16-38-27(25)29-26(32)22-15-21(30(34)35)13-14-24(22)37-17(2)31/h4-16H,3H2,1-2H3,(H,29,32). The summed E-state index contributed by atoms with van der Waals surface area (Å²) in [6.07, 6.45) is 0. The van der Waals surface area contributed by atoms with Crippen LogP contribution in [-0.2, 0) is 9.53 Å². The maximum atomic E-state index is 13.2. The molecule has 1 amide bonds. The van der Waals surface area contributed by atoms with Gasteiger partial charge >= 0.3 is 11.9 Å². The number of thiophene rings is 1. The lowest BCUT2D eigenvalue weighted by molar-refractivity contribution is -0.384. The van der Waals surface area contributed by atoms with Crippen LogP contribution < -0.4 is 10.1 Å². The van der Waals surface area contributed by atoms with Crippen molar-refractivity contribution in [2.75, 3.05) is 11.9 Å². The SMILES string of the molecule is CCOC(=O)c1c(-c2ccc(-c3ccccc3)cc2)csc1NC(=O)c1cc([N+](=O)[O-])ccc1OC(C)=O. The molecule has 0 aliphatic rings. The molecule has 0 spiro atoms. The number of nitrogens with zero attached hydrogens (tertiary/aromatic N) is 1. The second-order valence-corrected chi connectivity index (χ2v) is 8.88. The number of carbonyl (C=O) groups is 3. The fraction of sp³-hybridized carbons (Fsp3) is 0.107. The summed E-state index contributed by atoms with van der Waals surface area (Å²) in [6.45, 7) is 2.94. The predicted octanol–water partition coefficient (Wildman–Crippen LogP) is 6.34. The summed E-state index contributed by atoms with van der Waals surface area (Å²) in [6, 6.07) is 20.8. The molecule has 1 heterocycles. The van der Waals surface area contributed by atoms with Crippen molar-refractivity contribution in [3.63, 3.8) is 0 Å². The van der Waals surface area contributed by atoms with E-state index in [4.69, 9.17) is 9.47 Å². The number of hydrogen-bond acceptors (Lipinski definition) is 8. The summed E-state index contributed by atoms with van der Waals surface area (Å²) < 4.78 is 10.3. The van der Waals surface area contributed by atoms with Crippen molar-refractivity contribution >= 4 is 39.9 Å². The Labute approximate surface area is 221 Å². The van der Waals surface area contributed by atoms with Gasteiger partial charge in [0.2, 0.25) is 0 Å². The minimum atomic E-state index is -0.789. The fourth-order valence-corrected chi connectivity index (χ4v) is 4.72. The second-order valence-electron chi connectivity index (χ2n) is 8.00. The van der Waals surface area contributed by atoms with E-state index in [1.165, 1.54) is 6.07 Å². The summed E-state index contributed by atoms with van der Waals surface area (Å²) in [5.74, 6) is -2.27. The van der Waals surface area contributed by atoms with E-state index in [2.05, 4.69) is 5.32 Å². The molecule has 1 N–H and O–H groups in total. The molecule has 38 heavy (non-hydrogen) atoms. The molecule has 0 saturated heterocycles. The van der Waals surface area contributed by atoms with Crippen LogP contribution in [0.1, 0.15) is 34.6 Å². The monoisotopic (exact) mass is 530 g/mol. The third kappa shape index (κ3) is 5.76. The van der Waals surface area contributed by atoms with E-state index in [1.807, 2.05) is 54.6 Å². The summed E-state index contributed by atoms with van der Waals surface area (Å²) in [5, 5.41) is 15.8. The number of nitro benzene ring substituents is 1. The van der Waals surface area contributed by atoms with E-state index in [-0.39, 0.29) is 34.2 Å². The Morgan fingerprint density at radius 3 is 2.24 bits per heavy atom. The topological polar surface area (TPSA) is 125 Å². The van der Waals surface area contributed by atoms with Crippen LogP contribution in [0.15, 0.2) is 78.2 Å². The van der Waals surface area contributed by atoms with Gasteiger partial charge in [0.1, 0.15) is 16.3 Å². The Morgan fingerprint density at radius 1 is 0.947 bits per heavy atom. The van der Waals surface area contributed by atoms with Gasteiger partial charge in [0, 0.05) is 30.0 Å². The van der Waals surface area contributed by atoms with Gasteiger partial charge in [-0.25, -0.2) is 4.79 Å². The van der Waals surface area contributed by atoms with E-state index in [0.29, 0.717) is 5.56 Å². The van der Waals surface area contributed by atoms with Crippen molar-refractivity contribution in [3.05, 3.63) is 99.4 Å². The number of nitrogens with one attached hydrogen (secondary N) is 1. The molecule has 0 radical (unpaired) electrons. The average Bonchev–Trinajstić information content (AvgIpc) is 3.32. The Hall–Kier alpha value is -4.83. The molecule has 0 unspecified atom stereocenters. The van der Waals surface area contributed by atoms with Crippen molar-refractivity contribution in [2.45, 2.75) is 13.8 Å². The van der Waals surface area contributed by atoms with Crippen LogP contribution in [0.2, 0.25) is 0 Å². The fourth-order valence-electron chi connectivity index (χ4n) is 3.76. The Kier molecular flexibility index (Phi) is 7.93. The molecular formula is C28H22N2O7S. The minimum absolute atomic E-state index is 0.121. The van der Waals surface area contributed by atoms with E-state index in [1.54, 1.807) is 12.3 Å². The first kappa shape index (κ1) is 26.2. The normalized spacial score (nSPS) is 10.5. The number of anilines is 1. The molecule has 4 rings (SSSR count). The molecule has 0 aliphatic heterocycles. The smallest absolute Gasteiger partial charge is 0.341 e. The molecule has 0 saturated carbocycles. The van der Waals surface area contributed by atoms with Crippen LogP contribution in [0.3, 0.4) is 0 Å². The highest BCUT2D eigenvalue weighted by Gasteiger charge is 2.25. The summed E-state index contributed by atoms with van der Waals surface area (Å²) in [5.41, 5.74) is 2.90. The van der Waals surface area contributed by atoms with Crippen molar-refractivity contribution in [1.82, 2.24) is 0 Å². The van der Waals surface area contributed by atoms with Gasteiger partial charge in [-0.05, 0) is 29.7 Å². The lowest BCUT2D eigenvalue weighted by Crippen LogP contribution is -2.17. The van der Waals surface area contributed by atoms with Crippen molar-refractivity contribution in [1.29, 1.82) is 0 Å². The number of amides is 1. The average molecular weight is 531 g/mol. The molecular weight excluding hydrogens is 508 g/mol. The number of benzene rings is 3. The lowest BCUT2D eigenvalue weighted by atomic mass is 9.99. The first-order valence-electron chi connectivity index (χ1n) is 11.5. The second kappa shape index (κ2) is 11.5. The number of rotatable bonds is 8. The molecule has 1 aromatic heterocycles. The van der Waals surface area contributed by atoms with Crippen molar-refractivity contribution in [2.24, 2.45) is 0 Å². The van der Waals surface area contributed by atoms with E-state index < -0.39 is 22.8 Å². The van der Waals surface area contributed by atoms with E-state index >= 15 is 0 Å². The quantitative estimate of drug-likeness (QED) is 0.122. The number of non-ortho nitro benzene ring substituents is 1. The molecule has 0 atom stereocenters. The molecule has 192 valence electrons. The first-order chi connectivity index (χ1) is 18.3. The molecule has 0 fully saturated rings. The van der Waals surface area contributed by atoms with Gasteiger partial charge in [-0.1, -0.05) is 54.6 Å². The molecule has 4 aromatic rings. The van der Waals surface area contributed by atoms with Crippen LogP contribution in [0.25, 0.3) is 22.3 Å². The maximum Gasteiger partial charge on any atom is 0.341 e. The zero-order chi connectivity index (χ0) is 27.2. The summed E-state index contributed by atoms with van der Waals surface area (Å²) >= 11 is 1.10. The van der Waals surface area contributed by atoms with Crippen molar-refractivity contribution < 1.29 is 28.8 Å². The zero-order valence-electron chi connectivity index (χ0n) is 20.4. The predicted molar refractivity (Wildman–Crippen MR) is 144 cm³/mol. The van der Waals surface area contributed by atoms with Gasteiger partial charge in [-0.3, -0.25) is 19.7 Å². The zero-order valence-corrected chi connectivity index (χ0v) is 21.2. The van der Waals surface area contributed by atoms with Gasteiger partial charge in [0.05, 0.1) is 17.1 Å². The van der Waals surface area contributed by atoms with Crippen LogP contribution in [0.4, 0.5) is 10.7 Å². The van der Waals surface area contributed by atoms with Crippen LogP contribution >= 0.6 is 11.3 Å². The number of hydrogen-bond donors (Lipinski definition) is 1. The van der Waals surface area contributed by atoms with Gasteiger partial charge in [0.15, 0.2) is 0 Å². The molecule has 0 bridgehead atoms. The van der Waals surface area contributed by atoms with Gasteiger partial charge < -0.3 is 14.8 Å². The third-order valence-electron chi connectivity index (χ3n) is 5.47. The van der Waals surface area contributed by atoms with Crippen LogP contribution in [0, 0.1) is 10.1 Å². The lowest BCUT2D eigenvalue weighted by Gasteiger charge is -2.11. The Morgan fingerprint density at radius 2 is 1.61 bits per heavy atom. The highest BCUT2D eigenvalue weighted by atomic mass is 32.1. The molecule has 0 aliphatic carbocycles. The van der Waals surface area contributed by atoms with E-state index in [9.17, 15) is 24.5 Å². The van der Waals surface area contributed by atoms with Gasteiger partial charge in [-0.2, -0.15) is 0 Å². The highest BCUT2D eigenvalue weighted by molar-refractivity contribution is 7.15. The number of carbonyl (C=O) groups excluding carboxylic acids is 3. The van der Waals surface area contributed by atoms with Gasteiger partial charge in [0.25, 0.3) is 11.6 Å². The number of esters is 2. The first-order valence-corrected chi connectivity index (χ1v) is 12.4. The Balaban J connectivity index is 1.71. The van der Waals surface area contributed by atoms with Gasteiger partial charge in [-0.15, -0.1) is 11.3 Å². The molecule has 10 heteroatoms. The maximum absolute atomic E-state index is 13.2. The van der Waals surface area contributed by atoms with Crippen LogP contribution in [0.5, 0.6) is 5.75 Å². The largest absolute Gasteiger partial charge is 0.462 e. The molecule has 9 nitrogen and oxygen atoms in total. The highest BCUT2D eigenvalue weighted by Crippen LogP contribution is 2.38. The Bertz CT molecular complexity index is 1510. The van der Waals surface area contributed by atoms with E-state index in [0.717, 1.165) is 47.1 Å².